The number of phenols is 2. The highest BCUT2D eigenvalue weighted by molar-refractivity contribution is 8.00. The molecule has 2 aromatic heterocycles. The largest absolute Gasteiger partial charge is 0.508 e. The molecule has 6 aromatic rings. The van der Waals surface area contributed by atoms with Crippen LogP contribution in [0.3, 0.4) is 0 Å². The molecule has 4 aromatic carbocycles. The number of primary amides is 1. The lowest BCUT2D eigenvalue weighted by molar-refractivity contribution is -0.142. The summed E-state index contributed by atoms with van der Waals surface area (Å²) in [5, 5.41) is 48.9. The third-order valence-electron chi connectivity index (χ3n) is 17.9. The fourth-order valence-corrected chi connectivity index (χ4v) is 12.9. The van der Waals surface area contributed by atoms with E-state index in [-0.39, 0.29) is 74.0 Å². The molecule has 0 unspecified atom stereocenters. The number of H-pyrrole nitrogens is 2. The number of nitrogens with one attached hydrogen (secondary N) is 12. The number of amides is 12. The summed E-state index contributed by atoms with van der Waals surface area (Å²) in [5.41, 5.74) is 9.48. The number of aromatic nitrogens is 2. The summed E-state index contributed by atoms with van der Waals surface area (Å²) < 4.78 is 0. The van der Waals surface area contributed by atoms with Gasteiger partial charge in [0.1, 0.15) is 78.0 Å². The van der Waals surface area contributed by atoms with Gasteiger partial charge in [-0.15, -0.1) is 11.8 Å². The molecule has 16 N–H and O–H groups in total. The molecule has 0 spiro atoms. The number of nitrogens with zero attached hydrogens (tertiary/aromatic N) is 1. The smallest absolute Gasteiger partial charge is 0.245 e. The standard InChI is InChI=1S/C71H90N14O14S/c1-8-38(4)60-70(98)76-40(6)63(91)79-55(31-44-33-73-50-16-11-9-14-48(44)50)67(95)83-57(61(72)89)35-100-36-59(88)78-53(29-42-19-23-46(86)24-20-42)64(92)75-39(5)62(90)77-41(7)71(99)85-27-13-18-58(85)69(97)82-54(30-43-21-25-47(87)26-22-43)65(93)81-56(32-45-34-74-51-17-12-10-15-49(45)51)66(94)80-52(28-37(2)3)68(96)84-60/h9-12,14-17,19-26,33-34,37-41,52-58,60,73-74,86-87H,8,13,18,27-32,35-36H2,1-7H3,(H2,72,89)(H,75,92)(H,76,98)(H,77,90)(H,78,88)(H,79,91)(H,80,94)(H,81,93)(H,82,97)(H,83,95)(H,84,96)/t38-,39-,40-,41-,52-,53-,54-,55-,56-,57-,58-,60-/m0/s1. The first-order valence-electron chi connectivity index (χ1n) is 33.5. The van der Waals surface area contributed by atoms with Crippen molar-refractivity contribution in [1.29, 1.82) is 0 Å². The van der Waals surface area contributed by atoms with Crippen LogP contribution in [0.25, 0.3) is 21.8 Å². The van der Waals surface area contributed by atoms with Gasteiger partial charge in [-0.1, -0.05) is 94.8 Å². The summed E-state index contributed by atoms with van der Waals surface area (Å²) in [5.74, 6) is -11.2. The van der Waals surface area contributed by atoms with Gasteiger partial charge in [-0.25, -0.2) is 0 Å². The molecule has 28 nitrogen and oxygen atoms in total. The summed E-state index contributed by atoms with van der Waals surface area (Å²) in [6.45, 7) is 11.4. The molecule has 100 heavy (non-hydrogen) atoms. The highest BCUT2D eigenvalue weighted by Gasteiger charge is 2.41. The lowest BCUT2D eigenvalue weighted by Gasteiger charge is -2.30. The van der Waals surface area contributed by atoms with E-state index in [9.17, 15) is 58.2 Å². The van der Waals surface area contributed by atoms with Crippen molar-refractivity contribution in [3.63, 3.8) is 0 Å². The summed E-state index contributed by atoms with van der Waals surface area (Å²) in [4.78, 5) is 180. The third-order valence-corrected chi connectivity index (χ3v) is 18.9. The quantitative estimate of drug-likeness (QED) is 0.0780. The maximum Gasteiger partial charge on any atom is 0.245 e. The molecule has 2 aliphatic heterocycles. The lowest BCUT2D eigenvalue weighted by atomic mass is 9.96. The second-order valence-corrected chi connectivity index (χ2v) is 27.1. The fraction of sp³-hybridized carbons (Fsp3) is 0.437. The SMILES string of the molecule is CC[C@H](C)[C@@H]1NC(=O)[C@H](CC(C)C)NC(=O)[C@H](Cc2c[nH]c3ccccc23)NC(=O)[C@H](Cc2ccc(O)cc2)NC(=O)[C@@H]2CCCN2C(=O)[C@H](C)NC(=O)[C@H](C)NC(=O)[C@H](Cc2ccc(O)cc2)NC(=O)CSC[C@@H](C(N)=O)NC(=O)[C@H](Cc2c[nH]c3ccccc23)NC(=O)[C@H](C)NC1=O. The highest BCUT2D eigenvalue weighted by atomic mass is 32.2. The first-order chi connectivity index (χ1) is 47.7. The van der Waals surface area contributed by atoms with Crippen molar-refractivity contribution in [3.8, 4) is 11.5 Å². The maximum absolute atomic E-state index is 15.1. The second-order valence-electron chi connectivity index (χ2n) is 26.1. The molecule has 0 radical (unpaired) electrons. The Morgan fingerprint density at radius 3 is 1.49 bits per heavy atom. The van der Waals surface area contributed by atoms with Gasteiger partial charge in [-0.2, -0.15) is 0 Å². The normalized spacial score (nSPS) is 24.9. The van der Waals surface area contributed by atoms with Gasteiger partial charge in [0.2, 0.25) is 70.9 Å². The Kier molecular flexibility index (Phi) is 26.3. The number of carbonyl (C=O) groups is 12. The number of hydrogen-bond acceptors (Lipinski definition) is 15. The molecular weight excluding hydrogens is 1300 g/mol. The van der Waals surface area contributed by atoms with Crippen molar-refractivity contribution < 1.29 is 67.7 Å². The number of nitrogens with two attached hydrogens (primary N) is 1. The number of hydrogen-bond donors (Lipinski definition) is 15. The van der Waals surface area contributed by atoms with Gasteiger partial charge in [-0.05, 0) is 111 Å². The van der Waals surface area contributed by atoms with Gasteiger partial charge in [0.15, 0.2) is 0 Å². The van der Waals surface area contributed by atoms with Gasteiger partial charge in [-0.3, -0.25) is 57.5 Å². The lowest BCUT2D eigenvalue weighted by Crippen LogP contribution is -2.61. The summed E-state index contributed by atoms with van der Waals surface area (Å²) in [6.07, 6.45) is 3.65. The number of thioether (sulfide) groups is 1. The fourth-order valence-electron chi connectivity index (χ4n) is 12.1. The van der Waals surface area contributed by atoms with Crippen LogP contribution in [-0.2, 0) is 83.2 Å². The van der Waals surface area contributed by atoms with E-state index in [4.69, 9.17) is 5.73 Å². The molecule has 0 aliphatic carbocycles. The molecule has 0 bridgehead atoms. The van der Waals surface area contributed by atoms with E-state index in [0.717, 1.165) is 33.6 Å². The van der Waals surface area contributed by atoms with Crippen molar-refractivity contribution in [1.82, 2.24) is 68.0 Å². The van der Waals surface area contributed by atoms with Crippen LogP contribution in [0.5, 0.6) is 11.5 Å². The Hall–Kier alpha value is -10.5. The van der Waals surface area contributed by atoms with Gasteiger partial charge in [0.05, 0.1) is 5.75 Å². The topological polar surface area (TPSA) is 426 Å². The zero-order chi connectivity index (χ0) is 72.5. The number of para-hydroxylation sites is 2. The molecule has 12 amide bonds. The predicted molar refractivity (Wildman–Crippen MR) is 374 cm³/mol. The van der Waals surface area contributed by atoms with Crippen molar-refractivity contribution in [3.05, 3.63) is 132 Å². The average Bonchev–Trinajstić information content (AvgIpc) is 1.59. The minimum absolute atomic E-state index is 0.0426. The number of rotatable bonds is 13. The zero-order valence-corrected chi connectivity index (χ0v) is 57.7. The predicted octanol–water partition coefficient (Wildman–Crippen LogP) is 1.55. The summed E-state index contributed by atoms with van der Waals surface area (Å²) in [6, 6.07) is 11.4. The Balaban J connectivity index is 1.12. The highest BCUT2D eigenvalue weighted by Crippen LogP contribution is 2.24. The zero-order valence-electron chi connectivity index (χ0n) is 56.9. The first-order valence-corrected chi connectivity index (χ1v) is 34.7. The third kappa shape index (κ3) is 20.3. The van der Waals surface area contributed by atoms with Crippen LogP contribution in [0.15, 0.2) is 109 Å². The van der Waals surface area contributed by atoms with Crippen molar-refractivity contribution >= 4 is 104 Å². The van der Waals surface area contributed by atoms with E-state index in [1.165, 1.54) is 62.1 Å². The van der Waals surface area contributed by atoms with E-state index in [2.05, 4.69) is 63.1 Å². The molecule has 0 saturated carbocycles. The van der Waals surface area contributed by atoms with Gasteiger partial charge in [0.25, 0.3) is 0 Å². The molecule has 2 aliphatic rings. The van der Waals surface area contributed by atoms with Crippen LogP contribution < -0.4 is 58.9 Å². The van der Waals surface area contributed by atoms with E-state index >= 15 is 9.59 Å². The van der Waals surface area contributed by atoms with Crippen LogP contribution in [0.2, 0.25) is 0 Å². The van der Waals surface area contributed by atoms with E-state index in [0.29, 0.717) is 35.1 Å². The molecule has 4 heterocycles. The summed E-state index contributed by atoms with van der Waals surface area (Å²) >= 11 is 0.878. The Morgan fingerprint density at radius 2 is 0.960 bits per heavy atom. The maximum atomic E-state index is 15.1. The number of aromatic hydroxyl groups is 2. The monoisotopic (exact) mass is 1390 g/mol. The molecule has 2 fully saturated rings. The van der Waals surface area contributed by atoms with E-state index in [1.807, 2.05) is 38.1 Å². The molecule has 29 heteroatoms. The molecule has 2 saturated heterocycles. The molecule has 12 atom stereocenters. The minimum Gasteiger partial charge on any atom is -0.508 e. The van der Waals surface area contributed by atoms with Crippen LogP contribution >= 0.6 is 11.8 Å². The number of carbonyl (C=O) groups excluding carboxylic acids is 12. The number of benzene rings is 4. The number of phenolic OH excluding ortho intramolecular Hbond substituents is 2. The van der Waals surface area contributed by atoms with Crippen molar-refractivity contribution in [2.75, 3.05) is 18.1 Å². The van der Waals surface area contributed by atoms with E-state index < -0.39 is 143 Å². The molecule has 534 valence electrons. The Morgan fingerprint density at radius 1 is 0.520 bits per heavy atom. The summed E-state index contributed by atoms with van der Waals surface area (Å²) in [7, 11) is 0. The molecule has 8 rings (SSSR count). The van der Waals surface area contributed by atoms with Crippen molar-refractivity contribution in [2.45, 2.75) is 166 Å². The van der Waals surface area contributed by atoms with E-state index in [1.54, 1.807) is 62.6 Å². The Labute approximate surface area is 582 Å². The van der Waals surface area contributed by atoms with Crippen LogP contribution in [0.4, 0.5) is 0 Å². The molecular formula is C71H90N14O14S. The number of fused-ring (bicyclic) bond motifs is 3. The average molecular weight is 1400 g/mol. The minimum atomic E-state index is -1.44. The van der Waals surface area contributed by atoms with Crippen molar-refractivity contribution in [2.24, 2.45) is 17.6 Å². The van der Waals surface area contributed by atoms with Crippen LogP contribution in [0.1, 0.15) is 96.4 Å². The van der Waals surface area contributed by atoms with Crippen LogP contribution in [-0.4, -0.2) is 180 Å². The van der Waals surface area contributed by atoms with Gasteiger partial charge < -0.3 is 84.0 Å². The number of aromatic amines is 2. The van der Waals surface area contributed by atoms with Gasteiger partial charge in [0, 0.05) is 72.2 Å². The Bertz CT molecular complexity index is 3950. The van der Waals surface area contributed by atoms with Gasteiger partial charge >= 0.3 is 0 Å². The first kappa shape index (κ1) is 75.3. The van der Waals surface area contributed by atoms with Crippen LogP contribution in [0, 0.1) is 11.8 Å². The second kappa shape index (κ2) is 34.9.